The average Bonchev–Trinajstić information content (AvgIpc) is 1.96. The smallest absolute Gasteiger partial charge is 0.177 e. The van der Waals surface area contributed by atoms with Crippen molar-refractivity contribution in [3.8, 4) is 0 Å². The SMILES string of the molecule is CS(=O)(=O)CCCSC(N)=NN. The molecule has 12 heavy (non-hydrogen) atoms. The molecule has 72 valence electrons. The van der Waals surface area contributed by atoms with E-state index in [1.54, 1.807) is 0 Å². The molecule has 0 bridgehead atoms. The van der Waals surface area contributed by atoms with Gasteiger partial charge >= 0.3 is 0 Å². The Morgan fingerprint density at radius 1 is 1.58 bits per heavy atom. The van der Waals surface area contributed by atoms with Crippen LogP contribution in [0.3, 0.4) is 0 Å². The molecule has 0 unspecified atom stereocenters. The highest BCUT2D eigenvalue weighted by molar-refractivity contribution is 8.13. The molecule has 0 amide bonds. The Bertz CT molecular complexity index is 247. The second kappa shape index (κ2) is 5.26. The van der Waals surface area contributed by atoms with E-state index >= 15 is 0 Å². The van der Waals surface area contributed by atoms with Gasteiger partial charge in [0.05, 0.1) is 5.75 Å². The summed E-state index contributed by atoms with van der Waals surface area (Å²) in [6, 6.07) is 0. The van der Waals surface area contributed by atoms with Crippen molar-refractivity contribution in [1.82, 2.24) is 0 Å². The van der Waals surface area contributed by atoms with Gasteiger partial charge in [0.15, 0.2) is 5.17 Å². The zero-order valence-electron chi connectivity index (χ0n) is 6.86. The number of amidine groups is 1. The molecule has 0 spiro atoms. The van der Waals surface area contributed by atoms with Crippen molar-refractivity contribution in [2.45, 2.75) is 6.42 Å². The van der Waals surface area contributed by atoms with E-state index in [9.17, 15) is 8.42 Å². The minimum atomic E-state index is -2.85. The lowest BCUT2D eigenvalue weighted by atomic mass is 10.6. The minimum absolute atomic E-state index is 0.178. The molecule has 0 saturated carbocycles. The lowest BCUT2D eigenvalue weighted by molar-refractivity contribution is 0.600. The van der Waals surface area contributed by atoms with Crippen LogP contribution in [-0.4, -0.2) is 31.3 Å². The van der Waals surface area contributed by atoms with Crippen molar-refractivity contribution >= 4 is 26.8 Å². The molecule has 0 aliphatic heterocycles. The topological polar surface area (TPSA) is 98.5 Å². The van der Waals surface area contributed by atoms with E-state index in [-0.39, 0.29) is 10.9 Å². The Balaban J connectivity index is 3.47. The molecule has 0 radical (unpaired) electrons. The quantitative estimate of drug-likeness (QED) is 0.211. The Kier molecular flexibility index (Phi) is 5.07. The van der Waals surface area contributed by atoms with Crippen molar-refractivity contribution in [2.24, 2.45) is 16.7 Å². The first-order valence-electron chi connectivity index (χ1n) is 3.29. The van der Waals surface area contributed by atoms with Crippen molar-refractivity contribution in [2.75, 3.05) is 17.8 Å². The van der Waals surface area contributed by atoms with Crippen LogP contribution in [-0.2, 0) is 9.84 Å². The maximum Gasteiger partial charge on any atom is 0.177 e. The third kappa shape index (κ3) is 7.67. The van der Waals surface area contributed by atoms with Crippen LogP contribution in [0, 0.1) is 0 Å². The van der Waals surface area contributed by atoms with Crippen LogP contribution in [0.15, 0.2) is 5.10 Å². The van der Waals surface area contributed by atoms with Gasteiger partial charge in [-0.05, 0) is 6.42 Å². The summed E-state index contributed by atoms with van der Waals surface area (Å²) in [5.41, 5.74) is 5.26. The van der Waals surface area contributed by atoms with Crippen LogP contribution in [0.5, 0.6) is 0 Å². The summed E-state index contributed by atoms with van der Waals surface area (Å²) in [4.78, 5) is 0. The van der Waals surface area contributed by atoms with E-state index in [1.165, 1.54) is 18.0 Å². The van der Waals surface area contributed by atoms with E-state index in [4.69, 9.17) is 11.6 Å². The zero-order valence-corrected chi connectivity index (χ0v) is 8.49. The highest BCUT2D eigenvalue weighted by Crippen LogP contribution is 2.02. The van der Waals surface area contributed by atoms with Crippen LogP contribution in [0.4, 0.5) is 0 Å². The third-order valence-electron chi connectivity index (χ3n) is 1.04. The molecule has 0 aromatic rings. The monoisotopic (exact) mass is 211 g/mol. The van der Waals surface area contributed by atoms with Gasteiger partial charge in [0, 0.05) is 12.0 Å². The van der Waals surface area contributed by atoms with Gasteiger partial charge in [0.25, 0.3) is 0 Å². The second-order valence-corrected chi connectivity index (χ2v) is 5.67. The summed E-state index contributed by atoms with van der Waals surface area (Å²) in [6.45, 7) is 0. The van der Waals surface area contributed by atoms with Gasteiger partial charge in [-0.2, -0.15) is 5.10 Å². The lowest BCUT2D eigenvalue weighted by Crippen LogP contribution is -2.11. The molecule has 0 fully saturated rings. The number of hydrogen-bond acceptors (Lipinski definition) is 5. The van der Waals surface area contributed by atoms with E-state index in [0.717, 1.165) is 0 Å². The molecule has 7 heteroatoms. The number of nitrogens with zero attached hydrogens (tertiary/aromatic N) is 1. The number of hydrogen-bond donors (Lipinski definition) is 2. The van der Waals surface area contributed by atoms with Crippen molar-refractivity contribution < 1.29 is 8.42 Å². The first kappa shape index (κ1) is 11.6. The zero-order chi connectivity index (χ0) is 9.61. The Morgan fingerprint density at radius 2 is 2.17 bits per heavy atom. The fourth-order valence-corrected chi connectivity index (χ4v) is 1.96. The summed E-state index contributed by atoms with van der Waals surface area (Å²) in [5, 5.41) is 3.51. The van der Waals surface area contributed by atoms with Gasteiger partial charge in [-0.3, -0.25) is 0 Å². The second-order valence-electron chi connectivity index (χ2n) is 2.30. The molecule has 0 aromatic heterocycles. The summed E-state index contributed by atoms with van der Waals surface area (Å²) in [5.74, 6) is 5.67. The largest absolute Gasteiger partial charge is 0.377 e. The summed E-state index contributed by atoms with van der Waals surface area (Å²) in [6.07, 6.45) is 1.78. The number of hydrazone groups is 1. The normalized spacial score (nSPS) is 13.2. The molecule has 0 saturated heterocycles. The molecule has 0 heterocycles. The Hall–Kier alpha value is -0.430. The van der Waals surface area contributed by atoms with Crippen LogP contribution >= 0.6 is 11.8 Å². The fraction of sp³-hybridized carbons (Fsp3) is 0.800. The van der Waals surface area contributed by atoms with Gasteiger partial charge in [0.1, 0.15) is 9.84 Å². The summed E-state index contributed by atoms with van der Waals surface area (Å²) < 4.78 is 21.3. The minimum Gasteiger partial charge on any atom is -0.377 e. The van der Waals surface area contributed by atoms with Crippen molar-refractivity contribution in [3.63, 3.8) is 0 Å². The Morgan fingerprint density at radius 3 is 2.58 bits per heavy atom. The fourth-order valence-electron chi connectivity index (χ4n) is 0.535. The van der Waals surface area contributed by atoms with Gasteiger partial charge < -0.3 is 11.6 Å². The van der Waals surface area contributed by atoms with E-state index < -0.39 is 9.84 Å². The van der Waals surface area contributed by atoms with Gasteiger partial charge in [0.2, 0.25) is 0 Å². The van der Waals surface area contributed by atoms with E-state index in [2.05, 4.69) is 5.10 Å². The highest BCUT2D eigenvalue weighted by atomic mass is 32.2. The molecule has 0 atom stereocenters. The molecule has 5 nitrogen and oxygen atoms in total. The predicted octanol–water partition coefficient (Wildman–Crippen LogP) is -0.657. The van der Waals surface area contributed by atoms with Gasteiger partial charge in [-0.25, -0.2) is 8.42 Å². The maximum atomic E-state index is 10.7. The van der Waals surface area contributed by atoms with Crippen molar-refractivity contribution in [3.05, 3.63) is 0 Å². The number of sulfone groups is 1. The molecular weight excluding hydrogens is 198 g/mol. The number of rotatable bonds is 4. The summed E-state index contributed by atoms with van der Waals surface area (Å²) >= 11 is 1.26. The van der Waals surface area contributed by atoms with E-state index in [0.29, 0.717) is 12.2 Å². The molecule has 0 aliphatic carbocycles. The molecular formula is C5H13N3O2S2. The van der Waals surface area contributed by atoms with Crippen LogP contribution in [0.25, 0.3) is 0 Å². The van der Waals surface area contributed by atoms with Crippen LogP contribution in [0.2, 0.25) is 0 Å². The number of nitrogens with two attached hydrogens (primary N) is 2. The van der Waals surface area contributed by atoms with Gasteiger partial charge in [-0.15, -0.1) is 0 Å². The molecule has 0 aromatic carbocycles. The first-order chi connectivity index (χ1) is 5.45. The highest BCUT2D eigenvalue weighted by Gasteiger charge is 2.01. The average molecular weight is 211 g/mol. The predicted molar refractivity (Wildman–Crippen MR) is 52.6 cm³/mol. The van der Waals surface area contributed by atoms with Gasteiger partial charge in [-0.1, -0.05) is 11.8 Å². The Labute approximate surface area is 76.5 Å². The standard InChI is InChI=1S/C5H13N3O2S2/c1-12(9,10)4-2-3-11-5(6)8-7/h2-4,7H2,1H3,(H2,6,8). The molecule has 0 rings (SSSR count). The first-order valence-corrected chi connectivity index (χ1v) is 6.34. The van der Waals surface area contributed by atoms with Crippen molar-refractivity contribution in [1.29, 1.82) is 0 Å². The van der Waals surface area contributed by atoms with Crippen LogP contribution < -0.4 is 11.6 Å². The maximum absolute atomic E-state index is 10.7. The summed E-state index contributed by atoms with van der Waals surface area (Å²) in [7, 11) is -2.85. The van der Waals surface area contributed by atoms with Crippen LogP contribution in [0.1, 0.15) is 6.42 Å². The molecule has 0 aliphatic rings. The van der Waals surface area contributed by atoms with E-state index in [1.807, 2.05) is 0 Å². The lowest BCUT2D eigenvalue weighted by Gasteiger charge is -1.98. The number of thioether (sulfide) groups is 1. The molecule has 4 N–H and O–H groups in total. The third-order valence-corrected chi connectivity index (χ3v) is 2.96.